The Labute approximate surface area is 118 Å². The topological polar surface area (TPSA) is 40.5 Å². The molecule has 1 amide bonds. The Kier molecular flexibility index (Phi) is 3.28. The van der Waals surface area contributed by atoms with Crippen LogP contribution in [0.1, 0.15) is 34.0 Å². The quantitative estimate of drug-likeness (QED) is 0.862. The molecule has 0 saturated heterocycles. The highest BCUT2D eigenvalue weighted by Gasteiger charge is 2.29. The minimum Gasteiger partial charge on any atom is -0.388 e. The summed E-state index contributed by atoms with van der Waals surface area (Å²) in [5, 5.41) is 10.1. The Hall–Kier alpha value is -2.13. The molecule has 3 rings (SSSR count). The zero-order valence-corrected chi connectivity index (χ0v) is 11.4. The number of anilines is 1. The van der Waals surface area contributed by atoms with Crippen molar-refractivity contribution >= 4 is 11.6 Å². The van der Waals surface area contributed by atoms with Gasteiger partial charge in [0.15, 0.2) is 0 Å². The maximum atomic E-state index is 12.7. The van der Waals surface area contributed by atoms with Crippen molar-refractivity contribution in [1.82, 2.24) is 0 Å². The van der Waals surface area contributed by atoms with Crippen LogP contribution in [0, 0.1) is 6.92 Å². The first-order valence-electron chi connectivity index (χ1n) is 6.83. The van der Waals surface area contributed by atoms with Crippen molar-refractivity contribution in [3.63, 3.8) is 0 Å². The third-order valence-corrected chi connectivity index (χ3v) is 3.79. The molecule has 0 radical (unpaired) electrons. The second kappa shape index (κ2) is 5.10. The van der Waals surface area contributed by atoms with Gasteiger partial charge in [-0.15, -0.1) is 0 Å². The molecule has 102 valence electrons. The Morgan fingerprint density at radius 2 is 1.90 bits per heavy atom. The first kappa shape index (κ1) is 12.9. The molecule has 1 atom stereocenters. The maximum Gasteiger partial charge on any atom is 0.258 e. The van der Waals surface area contributed by atoms with Gasteiger partial charge in [0.1, 0.15) is 0 Å². The normalized spacial score (nSPS) is 17.7. The van der Waals surface area contributed by atoms with E-state index in [0.29, 0.717) is 18.5 Å². The number of carbonyl (C=O) groups is 1. The first-order chi connectivity index (χ1) is 9.68. The number of hydrogen-bond acceptors (Lipinski definition) is 2. The van der Waals surface area contributed by atoms with E-state index in [0.717, 1.165) is 16.8 Å². The number of aliphatic hydroxyl groups is 1. The molecule has 0 aliphatic carbocycles. The van der Waals surface area contributed by atoms with Gasteiger partial charge in [-0.05, 0) is 31.0 Å². The average molecular weight is 267 g/mol. The molecular weight excluding hydrogens is 250 g/mol. The molecule has 1 aliphatic rings. The summed E-state index contributed by atoms with van der Waals surface area (Å²) < 4.78 is 0. The van der Waals surface area contributed by atoms with E-state index in [1.807, 2.05) is 55.5 Å². The predicted octanol–water partition coefficient (Wildman–Crippen LogP) is 3.08. The van der Waals surface area contributed by atoms with E-state index in [9.17, 15) is 9.90 Å². The summed E-state index contributed by atoms with van der Waals surface area (Å²) in [5.74, 6) is -0.00644. The van der Waals surface area contributed by atoms with Crippen LogP contribution in [0.4, 0.5) is 5.69 Å². The molecule has 0 spiro atoms. The Balaban J connectivity index is 2.05. The van der Waals surface area contributed by atoms with Gasteiger partial charge in [-0.2, -0.15) is 0 Å². The SMILES string of the molecule is Cc1cccc2c1N(C(=O)c1ccccc1)CCC2O. The van der Waals surface area contributed by atoms with Gasteiger partial charge in [0.25, 0.3) is 5.91 Å². The predicted molar refractivity (Wildman–Crippen MR) is 78.9 cm³/mol. The summed E-state index contributed by atoms with van der Waals surface area (Å²) in [6.07, 6.45) is 0.0967. The van der Waals surface area contributed by atoms with Gasteiger partial charge in [0, 0.05) is 17.7 Å². The number of fused-ring (bicyclic) bond motifs is 1. The molecule has 1 heterocycles. The molecule has 0 bridgehead atoms. The summed E-state index contributed by atoms with van der Waals surface area (Å²) in [6, 6.07) is 15.1. The van der Waals surface area contributed by atoms with Crippen molar-refractivity contribution in [3.8, 4) is 0 Å². The highest BCUT2D eigenvalue weighted by atomic mass is 16.3. The summed E-state index contributed by atoms with van der Waals surface area (Å²) >= 11 is 0. The number of amides is 1. The van der Waals surface area contributed by atoms with Crippen molar-refractivity contribution in [2.24, 2.45) is 0 Å². The van der Waals surface area contributed by atoms with Gasteiger partial charge in [-0.1, -0.05) is 36.4 Å². The van der Waals surface area contributed by atoms with Crippen LogP contribution in [0.25, 0.3) is 0 Å². The van der Waals surface area contributed by atoms with Crippen LogP contribution in [0.3, 0.4) is 0 Å². The van der Waals surface area contributed by atoms with Crippen LogP contribution in [-0.2, 0) is 0 Å². The molecule has 3 heteroatoms. The van der Waals surface area contributed by atoms with E-state index in [1.165, 1.54) is 0 Å². The maximum absolute atomic E-state index is 12.7. The first-order valence-corrected chi connectivity index (χ1v) is 6.83. The van der Waals surface area contributed by atoms with Crippen LogP contribution in [-0.4, -0.2) is 17.6 Å². The molecule has 3 nitrogen and oxygen atoms in total. The smallest absolute Gasteiger partial charge is 0.258 e. The minimum atomic E-state index is -0.482. The van der Waals surface area contributed by atoms with E-state index >= 15 is 0 Å². The Bertz CT molecular complexity index is 637. The van der Waals surface area contributed by atoms with Gasteiger partial charge >= 0.3 is 0 Å². The lowest BCUT2D eigenvalue weighted by atomic mass is 9.95. The number of aliphatic hydroxyl groups excluding tert-OH is 1. The standard InChI is InChI=1S/C17H17NO2/c1-12-6-5-9-14-15(19)10-11-18(16(12)14)17(20)13-7-3-2-4-8-13/h2-9,15,19H,10-11H2,1H3. The lowest BCUT2D eigenvalue weighted by Gasteiger charge is -2.33. The van der Waals surface area contributed by atoms with Crippen molar-refractivity contribution in [3.05, 3.63) is 65.2 Å². The zero-order chi connectivity index (χ0) is 14.1. The second-order valence-corrected chi connectivity index (χ2v) is 5.14. The number of hydrogen-bond donors (Lipinski definition) is 1. The van der Waals surface area contributed by atoms with Gasteiger partial charge in [-0.3, -0.25) is 4.79 Å². The summed E-state index contributed by atoms with van der Waals surface area (Å²) in [6.45, 7) is 2.52. The second-order valence-electron chi connectivity index (χ2n) is 5.14. The molecule has 0 saturated carbocycles. The summed E-state index contributed by atoms with van der Waals surface area (Å²) in [5.41, 5.74) is 3.41. The van der Waals surface area contributed by atoms with E-state index in [4.69, 9.17) is 0 Å². The number of carbonyl (C=O) groups excluding carboxylic acids is 1. The van der Waals surface area contributed by atoms with E-state index in [-0.39, 0.29) is 5.91 Å². The molecule has 20 heavy (non-hydrogen) atoms. The third-order valence-electron chi connectivity index (χ3n) is 3.79. The summed E-state index contributed by atoms with van der Waals surface area (Å²) in [7, 11) is 0. The van der Waals surface area contributed by atoms with Crippen molar-refractivity contribution in [1.29, 1.82) is 0 Å². The van der Waals surface area contributed by atoms with E-state index < -0.39 is 6.10 Å². The Morgan fingerprint density at radius 1 is 1.15 bits per heavy atom. The third kappa shape index (κ3) is 2.10. The average Bonchev–Trinajstić information content (AvgIpc) is 2.49. The molecule has 0 aromatic heterocycles. The van der Waals surface area contributed by atoms with Gasteiger partial charge < -0.3 is 10.0 Å². The lowest BCUT2D eigenvalue weighted by molar-refractivity contribution is 0.0970. The fourth-order valence-electron chi connectivity index (χ4n) is 2.78. The van der Waals surface area contributed by atoms with Crippen LogP contribution in [0.15, 0.2) is 48.5 Å². The number of nitrogens with zero attached hydrogens (tertiary/aromatic N) is 1. The molecular formula is C17H17NO2. The molecule has 1 aliphatic heterocycles. The highest BCUT2D eigenvalue weighted by molar-refractivity contribution is 6.07. The Morgan fingerprint density at radius 3 is 2.65 bits per heavy atom. The number of para-hydroxylation sites is 1. The van der Waals surface area contributed by atoms with Crippen LogP contribution in [0.2, 0.25) is 0 Å². The molecule has 1 N–H and O–H groups in total. The van der Waals surface area contributed by atoms with Gasteiger partial charge in [-0.25, -0.2) is 0 Å². The van der Waals surface area contributed by atoms with E-state index in [2.05, 4.69) is 0 Å². The van der Waals surface area contributed by atoms with E-state index in [1.54, 1.807) is 4.90 Å². The minimum absolute atomic E-state index is 0.00644. The monoisotopic (exact) mass is 267 g/mol. The molecule has 0 fully saturated rings. The number of benzene rings is 2. The zero-order valence-electron chi connectivity index (χ0n) is 11.4. The van der Waals surface area contributed by atoms with Crippen molar-refractivity contribution < 1.29 is 9.90 Å². The van der Waals surface area contributed by atoms with Gasteiger partial charge in [0.05, 0.1) is 11.8 Å². The van der Waals surface area contributed by atoms with Crippen LogP contribution in [0.5, 0.6) is 0 Å². The fraction of sp³-hybridized carbons (Fsp3) is 0.235. The van der Waals surface area contributed by atoms with Crippen LogP contribution >= 0.6 is 0 Å². The van der Waals surface area contributed by atoms with Crippen molar-refractivity contribution in [2.75, 3.05) is 11.4 Å². The molecule has 1 unspecified atom stereocenters. The number of aryl methyl sites for hydroxylation is 1. The largest absolute Gasteiger partial charge is 0.388 e. The number of rotatable bonds is 1. The van der Waals surface area contributed by atoms with Crippen molar-refractivity contribution in [2.45, 2.75) is 19.4 Å². The molecule has 2 aromatic rings. The molecule has 2 aromatic carbocycles. The fourth-order valence-corrected chi connectivity index (χ4v) is 2.78. The lowest BCUT2D eigenvalue weighted by Crippen LogP contribution is -2.37. The van der Waals surface area contributed by atoms with Crippen LogP contribution < -0.4 is 4.90 Å². The van der Waals surface area contributed by atoms with Gasteiger partial charge in [0.2, 0.25) is 0 Å². The summed E-state index contributed by atoms with van der Waals surface area (Å²) in [4.78, 5) is 14.5. The highest BCUT2D eigenvalue weighted by Crippen LogP contribution is 2.36.